The monoisotopic (exact) mass is 366 g/mol. The fourth-order valence-corrected chi connectivity index (χ4v) is 4.15. The molecule has 4 rings (SSSR count). The third kappa shape index (κ3) is 2.92. The number of benzene rings is 1. The van der Waals surface area contributed by atoms with Crippen molar-refractivity contribution in [3.05, 3.63) is 41.0 Å². The molecule has 7 heteroatoms. The van der Waals surface area contributed by atoms with Crippen molar-refractivity contribution in [1.82, 2.24) is 15.1 Å². The Bertz CT molecular complexity index is 748. The largest absolute Gasteiger partial charge is 0.338 e. The quantitative estimate of drug-likeness (QED) is 0.857. The van der Waals surface area contributed by atoms with Gasteiger partial charge in [-0.3, -0.25) is 9.89 Å². The molecule has 1 saturated carbocycles. The zero-order valence-electron chi connectivity index (χ0n) is 13.1. The Morgan fingerprint density at radius 3 is 2.92 bits per heavy atom. The molecule has 0 radical (unpaired) electrons. The number of aromatic nitrogens is 2. The highest BCUT2D eigenvalue weighted by Crippen LogP contribution is 2.38. The molecule has 2 heterocycles. The second kappa shape index (κ2) is 6.75. The molecular formula is C17H20Cl2N4O. The van der Waals surface area contributed by atoms with Gasteiger partial charge in [0.1, 0.15) is 0 Å². The number of amides is 1. The summed E-state index contributed by atoms with van der Waals surface area (Å²) in [7, 11) is 0. The first-order chi connectivity index (χ1) is 11.1. The molecule has 1 saturated heterocycles. The van der Waals surface area contributed by atoms with Crippen molar-refractivity contribution in [3.8, 4) is 11.3 Å². The molecule has 24 heavy (non-hydrogen) atoms. The number of nitrogens with one attached hydrogen (secondary N) is 1. The summed E-state index contributed by atoms with van der Waals surface area (Å²) in [6, 6.07) is 7.66. The van der Waals surface area contributed by atoms with E-state index in [4.69, 9.17) is 17.3 Å². The van der Waals surface area contributed by atoms with Crippen LogP contribution in [0, 0.1) is 11.8 Å². The van der Waals surface area contributed by atoms with Crippen LogP contribution in [-0.2, 0) is 0 Å². The molecule has 2 aliphatic rings. The summed E-state index contributed by atoms with van der Waals surface area (Å²) in [6.07, 6.45) is 3.81. The van der Waals surface area contributed by atoms with Crippen molar-refractivity contribution in [2.75, 3.05) is 13.1 Å². The van der Waals surface area contributed by atoms with Gasteiger partial charge >= 0.3 is 0 Å². The number of nitrogens with two attached hydrogens (primary N) is 1. The van der Waals surface area contributed by atoms with E-state index in [1.165, 1.54) is 0 Å². The lowest BCUT2D eigenvalue weighted by atomic mass is 9.98. The van der Waals surface area contributed by atoms with Crippen LogP contribution in [0.4, 0.5) is 0 Å². The molecule has 1 aromatic carbocycles. The summed E-state index contributed by atoms with van der Waals surface area (Å²) in [6.45, 7) is 1.56. The first kappa shape index (κ1) is 17.3. The zero-order valence-corrected chi connectivity index (χ0v) is 14.7. The van der Waals surface area contributed by atoms with E-state index >= 15 is 0 Å². The average molecular weight is 367 g/mol. The molecular weight excluding hydrogens is 347 g/mol. The lowest BCUT2D eigenvalue weighted by molar-refractivity contribution is 0.0780. The van der Waals surface area contributed by atoms with Crippen LogP contribution < -0.4 is 5.73 Å². The van der Waals surface area contributed by atoms with Gasteiger partial charge < -0.3 is 10.6 Å². The van der Waals surface area contributed by atoms with Gasteiger partial charge in [-0.25, -0.2) is 0 Å². The SMILES string of the molecule is Cl.NC1CCC2CN(C(=O)c3cn[nH]c3-c3cccc(Cl)c3)CC12. The third-order valence-corrected chi connectivity index (χ3v) is 5.42. The minimum atomic E-state index is 0. The number of fused-ring (bicyclic) bond motifs is 1. The van der Waals surface area contributed by atoms with Crippen molar-refractivity contribution < 1.29 is 4.79 Å². The summed E-state index contributed by atoms with van der Waals surface area (Å²) in [5.41, 5.74) is 8.36. The summed E-state index contributed by atoms with van der Waals surface area (Å²) >= 11 is 6.06. The smallest absolute Gasteiger partial charge is 0.257 e. The third-order valence-electron chi connectivity index (χ3n) is 5.18. The molecule has 3 unspecified atom stereocenters. The Labute approximate surface area is 152 Å². The zero-order chi connectivity index (χ0) is 16.0. The van der Waals surface area contributed by atoms with Crippen LogP contribution in [0.5, 0.6) is 0 Å². The highest BCUT2D eigenvalue weighted by Gasteiger charge is 2.43. The van der Waals surface area contributed by atoms with Crippen molar-refractivity contribution >= 4 is 29.9 Å². The Hall–Kier alpha value is -1.56. The maximum absolute atomic E-state index is 12.9. The molecule has 0 bridgehead atoms. The molecule has 3 N–H and O–H groups in total. The molecule has 1 aromatic heterocycles. The van der Waals surface area contributed by atoms with E-state index in [2.05, 4.69) is 10.2 Å². The van der Waals surface area contributed by atoms with Gasteiger partial charge in [0.15, 0.2) is 0 Å². The van der Waals surface area contributed by atoms with E-state index in [9.17, 15) is 4.79 Å². The second-order valence-corrected chi connectivity index (χ2v) is 6.98. The first-order valence-corrected chi connectivity index (χ1v) is 8.35. The first-order valence-electron chi connectivity index (χ1n) is 7.97. The van der Waals surface area contributed by atoms with Crippen LogP contribution in [0.3, 0.4) is 0 Å². The van der Waals surface area contributed by atoms with Crippen LogP contribution in [0.15, 0.2) is 30.5 Å². The maximum Gasteiger partial charge on any atom is 0.257 e. The van der Waals surface area contributed by atoms with E-state index in [0.29, 0.717) is 22.4 Å². The lowest BCUT2D eigenvalue weighted by Crippen LogP contribution is -2.33. The lowest BCUT2D eigenvalue weighted by Gasteiger charge is -2.18. The Kier molecular flexibility index (Phi) is 4.85. The van der Waals surface area contributed by atoms with Gasteiger partial charge in [-0.15, -0.1) is 12.4 Å². The van der Waals surface area contributed by atoms with E-state index < -0.39 is 0 Å². The number of carbonyl (C=O) groups excluding carboxylic acids is 1. The maximum atomic E-state index is 12.9. The normalized spacial score (nSPS) is 25.4. The Morgan fingerprint density at radius 1 is 1.33 bits per heavy atom. The number of nitrogens with zero attached hydrogens (tertiary/aromatic N) is 2. The van der Waals surface area contributed by atoms with Crippen LogP contribution >= 0.6 is 24.0 Å². The van der Waals surface area contributed by atoms with Crippen LogP contribution in [0.1, 0.15) is 23.2 Å². The Morgan fingerprint density at radius 2 is 2.17 bits per heavy atom. The van der Waals surface area contributed by atoms with E-state index in [-0.39, 0.29) is 24.4 Å². The molecule has 2 fully saturated rings. The topological polar surface area (TPSA) is 75.0 Å². The van der Waals surface area contributed by atoms with Crippen LogP contribution in [0.25, 0.3) is 11.3 Å². The van der Waals surface area contributed by atoms with E-state index in [1.807, 2.05) is 29.2 Å². The van der Waals surface area contributed by atoms with E-state index in [1.54, 1.807) is 6.20 Å². The Balaban J connectivity index is 0.00000169. The number of carbonyl (C=O) groups is 1. The molecule has 0 spiro atoms. The highest BCUT2D eigenvalue weighted by molar-refractivity contribution is 6.30. The summed E-state index contributed by atoms with van der Waals surface area (Å²) in [5.74, 6) is 1.02. The number of halogens is 2. The van der Waals surface area contributed by atoms with Gasteiger partial charge in [0.25, 0.3) is 5.91 Å². The fourth-order valence-electron chi connectivity index (χ4n) is 3.96. The van der Waals surface area contributed by atoms with Crippen molar-refractivity contribution in [3.63, 3.8) is 0 Å². The molecule has 128 valence electrons. The summed E-state index contributed by atoms with van der Waals surface area (Å²) < 4.78 is 0. The number of likely N-dealkylation sites (tertiary alicyclic amines) is 1. The number of rotatable bonds is 2. The van der Waals surface area contributed by atoms with Crippen molar-refractivity contribution in [2.45, 2.75) is 18.9 Å². The minimum absolute atomic E-state index is 0. The number of H-pyrrole nitrogens is 1. The highest BCUT2D eigenvalue weighted by atomic mass is 35.5. The van der Waals surface area contributed by atoms with E-state index in [0.717, 1.165) is 37.2 Å². The van der Waals surface area contributed by atoms with Gasteiger partial charge in [0.2, 0.25) is 0 Å². The van der Waals surface area contributed by atoms with Gasteiger partial charge in [-0.1, -0.05) is 23.7 Å². The second-order valence-electron chi connectivity index (χ2n) is 6.54. The van der Waals surface area contributed by atoms with Gasteiger partial charge in [0.05, 0.1) is 17.5 Å². The molecule has 5 nitrogen and oxygen atoms in total. The molecule has 2 aromatic rings. The molecule has 1 aliphatic heterocycles. The van der Waals surface area contributed by atoms with Crippen molar-refractivity contribution in [2.24, 2.45) is 17.6 Å². The summed E-state index contributed by atoms with van der Waals surface area (Å²) in [5, 5.41) is 7.64. The van der Waals surface area contributed by atoms with Crippen LogP contribution in [0.2, 0.25) is 5.02 Å². The molecule has 1 aliphatic carbocycles. The predicted molar refractivity (Wildman–Crippen MR) is 96.4 cm³/mol. The van der Waals surface area contributed by atoms with Gasteiger partial charge in [0, 0.05) is 29.7 Å². The summed E-state index contributed by atoms with van der Waals surface area (Å²) in [4.78, 5) is 14.8. The average Bonchev–Trinajstić information content (AvgIpc) is 3.24. The number of aromatic amines is 1. The van der Waals surface area contributed by atoms with Gasteiger partial charge in [-0.05, 0) is 36.8 Å². The molecule has 1 amide bonds. The predicted octanol–water partition coefficient (Wildman–Crippen LogP) is 2.96. The van der Waals surface area contributed by atoms with Gasteiger partial charge in [-0.2, -0.15) is 5.10 Å². The van der Waals surface area contributed by atoms with Crippen molar-refractivity contribution in [1.29, 1.82) is 0 Å². The van der Waals surface area contributed by atoms with Crippen LogP contribution in [-0.4, -0.2) is 40.1 Å². The standard InChI is InChI=1S/C17H19ClN4O.ClH/c18-12-3-1-2-10(6-12)16-13(7-20-21-16)17(23)22-8-11-4-5-15(19)14(11)9-22;/h1-3,6-7,11,14-15H,4-5,8-9,19H2,(H,20,21);1H. The number of hydrogen-bond acceptors (Lipinski definition) is 3. The minimum Gasteiger partial charge on any atom is -0.338 e. The molecule has 3 atom stereocenters. The number of hydrogen-bond donors (Lipinski definition) is 2. The fraction of sp³-hybridized carbons (Fsp3) is 0.412.